The first kappa shape index (κ1) is 18.2. The molecular formula is C19H26N4O3. The maximum absolute atomic E-state index is 12.9. The Hall–Kier alpha value is -2.57. The average molecular weight is 358 g/mol. The van der Waals surface area contributed by atoms with E-state index in [0.29, 0.717) is 31.9 Å². The summed E-state index contributed by atoms with van der Waals surface area (Å²) in [6.45, 7) is 9.66. The molecule has 0 N–H and O–H groups in total. The van der Waals surface area contributed by atoms with Gasteiger partial charge in [-0.15, -0.1) is 0 Å². The topological polar surface area (TPSA) is 67.2 Å². The van der Waals surface area contributed by atoms with Crippen molar-refractivity contribution in [3.8, 4) is 0 Å². The lowest BCUT2D eigenvalue weighted by Crippen LogP contribution is -2.40. The highest BCUT2D eigenvalue weighted by Gasteiger charge is 2.27. The monoisotopic (exact) mass is 358 g/mol. The predicted molar refractivity (Wildman–Crippen MR) is 98.3 cm³/mol. The molecule has 0 atom stereocenters. The molecule has 1 saturated heterocycles. The molecule has 0 spiro atoms. The zero-order valence-electron chi connectivity index (χ0n) is 15.9. The lowest BCUT2D eigenvalue weighted by molar-refractivity contribution is 0.0255. The number of amides is 2. The Morgan fingerprint density at radius 2 is 1.77 bits per heavy atom. The number of nitrogens with zero attached hydrogens (tertiary/aromatic N) is 4. The van der Waals surface area contributed by atoms with Crippen LogP contribution in [0, 0.1) is 6.92 Å². The van der Waals surface area contributed by atoms with Crippen LogP contribution in [-0.2, 0) is 4.74 Å². The van der Waals surface area contributed by atoms with Gasteiger partial charge in [0.2, 0.25) is 0 Å². The Bertz CT molecular complexity index is 822. The number of fused-ring (bicyclic) bond motifs is 1. The molecule has 0 aromatic carbocycles. The van der Waals surface area contributed by atoms with E-state index < -0.39 is 5.60 Å². The van der Waals surface area contributed by atoms with Crippen molar-refractivity contribution in [3.05, 3.63) is 35.8 Å². The van der Waals surface area contributed by atoms with Crippen LogP contribution in [0.25, 0.3) is 5.65 Å². The molecule has 2 aromatic heterocycles. The third-order valence-electron chi connectivity index (χ3n) is 4.35. The molecule has 26 heavy (non-hydrogen) atoms. The number of aryl methyl sites for hydroxylation is 1. The van der Waals surface area contributed by atoms with Crippen LogP contribution in [0.2, 0.25) is 0 Å². The second kappa shape index (κ2) is 6.97. The molecular weight excluding hydrogens is 332 g/mol. The zero-order chi connectivity index (χ0) is 18.9. The molecule has 2 aromatic rings. The van der Waals surface area contributed by atoms with E-state index in [1.807, 2.05) is 50.3 Å². The fourth-order valence-corrected chi connectivity index (χ4v) is 3.04. The van der Waals surface area contributed by atoms with Crippen molar-refractivity contribution >= 4 is 17.6 Å². The molecule has 1 fully saturated rings. The van der Waals surface area contributed by atoms with Crippen LogP contribution in [0.1, 0.15) is 43.4 Å². The molecule has 1 aliphatic rings. The summed E-state index contributed by atoms with van der Waals surface area (Å²) in [7, 11) is 0. The lowest BCUT2D eigenvalue weighted by Gasteiger charge is -2.26. The summed E-state index contributed by atoms with van der Waals surface area (Å²) in [5.74, 6) is -0.0980. The summed E-state index contributed by atoms with van der Waals surface area (Å²) < 4.78 is 7.35. The molecule has 0 radical (unpaired) electrons. The minimum Gasteiger partial charge on any atom is -0.444 e. The minimum atomic E-state index is -0.521. The van der Waals surface area contributed by atoms with Crippen LogP contribution < -0.4 is 0 Å². The van der Waals surface area contributed by atoms with Gasteiger partial charge in [-0.2, -0.15) is 0 Å². The van der Waals surface area contributed by atoms with Gasteiger partial charge in [0.05, 0.1) is 0 Å². The van der Waals surface area contributed by atoms with Crippen LogP contribution in [0.15, 0.2) is 24.4 Å². The molecule has 7 heteroatoms. The number of ether oxygens (including phenoxy) is 1. The van der Waals surface area contributed by atoms with E-state index in [2.05, 4.69) is 4.98 Å². The van der Waals surface area contributed by atoms with E-state index in [0.717, 1.165) is 17.8 Å². The smallest absolute Gasteiger partial charge is 0.410 e. The van der Waals surface area contributed by atoms with Crippen molar-refractivity contribution in [2.75, 3.05) is 26.2 Å². The fraction of sp³-hybridized carbons (Fsp3) is 0.526. The molecule has 7 nitrogen and oxygen atoms in total. The van der Waals surface area contributed by atoms with Crippen molar-refractivity contribution < 1.29 is 14.3 Å². The van der Waals surface area contributed by atoms with Crippen molar-refractivity contribution in [3.63, 3.8) is 0 Å². The van der Waals surface area contributed by atoms with Gasteiger partial charge in [-0.05, 0) is 46.2 Å². The first-order valence-electron chi connectivity index (χ1n) is 8.96. The van der Waals surface area contributed by atoms with Crippen LogP contribution in [0.4, 0.5) is 4.79 Å². The van der Waals surface area contributed by atoms with Gasteiger partial charge in [0.25, 0.3) is 5.91 Å². The van der Waals surface area contributed by atoms with Gasteiger partial charge in [-0.25, -0.2) is 9.78 Å². The molecule has 2 amide bonds. The van der Waals surface area contributed by atoms with E-state index >= 15 is 0 Å². The maximum Gasteiger partial charge on any atom is 0.410 e. The standard InChI is InChI=1S/C19H26N4O3/c1-14-7-5-8-16-20-15(13-23(14)16)17(24)21-9-6-10-22(12-11-21)18(25)26-19(2,3)4/h5,7-8,13H,6,9-12H2,1-4H3. The fourth-order valence-electron chi connectivity index (χ4n) is 3.04. The highest BCUT2D eigenvalue weighted by atomic mass is 16.6. The number of pyridine rings is 1. The summed E-state index contributed by atoms with van der Waals surface area (Å²) >= 11 is 0. The first-order valence-corrected chi connectivity index (χ1v) is 8.96. The number of carbonyl (C=O) groups is 2. The third kappa shape index (κ3) is 3.98. The van der Waals surface area contributed by atoms with E-state index in [-0.39, 0.29) is 12.0 Å². The molecule has 0 saturated carbocycles. The first-order chi connectivity index (χ1) is 12.2. The van der Waals surface area contributed by atoms with Gasteiger partial charge < -0.3 is 18.9 Å². The molecule has 3 rings (SSSR count). The van der Waals surface area contributed by atoms with Crippen LogP contribution in [0.5, 0.6) is 0 Å². The van der Waals surface area contributed by atoms with E-state index in [1.165, 1.54) is 0 Å². The Morgan fingerprint density at radius 1 is 1.08 bits per heavy atom. The highest BCUT2D eigenvalue weighted by Crippen LogP contribution is 2.15. The van der Waals surface area contributed by atoms with Gasteiger partial charge in [-0.3, -0.25) is 4.79 Å². The number of carbonyl (C=O) groups excluding carboxylic acids is 2. The van der Waals surface area contributed by atoms with Gasteiger partial charge in [-0.1, -0.05) is 6.07 Å². The molecule has 1 aliphatic heterocycles. The number of aromatic nitrogens is 2. The summed E-state index contributed by atoms with van der Waals surface area (Å²) in [5.41, 5.74) is 1.71. The largest absolute Gasteiger partial charge is 0.444 e. The quantitative estimate of drug-likeness (QED) is 0.786. The third-order valence-corrected chi connectivity index (χ3v) is 4.35. The van der Waals surface area contributed by atoms with Crippen LogP contribution in [-0.4, -0.2) is 63.0 Å². The second-order valence-electron chi connectivity index (χ2n) is 7.63. The summed E-state index contributed by atoms with van der Waals surface area (Å²) in [6, 6.07) is 5.79. The van der Waals surface area contributed by atoms with Gasteiger partial charge in [0.1, 0.15) is 16.9 Å². The molecule has 0 aliphatic carbocycles. The van der Waals surface area contributed by atoms with Gasteiger partial charge in [0.15, 0.2) is 0 Å². The lowest BCUT2D eigenvalue weighted by atomic mass is 10.2. The molecule has 3 heterocycles. The molecule has 140 valence electrons. The van der Waals surface area contributed by atoms with Crippen molar-refractivity contribution in [2.24, 2.45) is 0 Å². The number of hydrogen-bond donors (Lipinski definition) is 0. The van der Waals surface area contributed by atoms with E-state index in [9.17, 15) is 9.59 Å². The Kier molecular flexibility index (Phi) is 4.89. The highest BCUT2D eigenvalue weighted by molar-refractivity contribution is 5.93. The number of imidazole rings is 1. The van der Waals surface area contributed by atoms with Crippen LogP contribution in [0.3, 0.4) is 0 Å². The van der Waals surface area contributed by atoms with Gasteiger partial charge >= 0.3 is 6.09 Å². The second-order valence-corrected chi connectivity index (χ2v) is 7.63. The summed E-state index contributed by atoms with van der Waals surface area (Å²) in [6.07, 6.45) is 2.18. The van der Waals surface area contributed by atoms with Crippen molar-refractivity contribution in [1.29, 1.82) is 0 Å². The SMILES string of the molecule is Cc1cccc2nc(C(=O)N3CCCN(C(=O)OC(C)(C)C)CC3)cn12. The maximum atomic E-state index is 12.9. The Morgan fingerprint density at radius 3 is 2.46 bits per heavy atom. The number of hydrogen-bond acceptors (Lipinski definition) is 4. The van der Waals surface area contributed by atoms with Crippen molar-refractivity contribution in [1.82, 2.24) is 19.2 Å². The average Bonchev–Trinajstić information content (AvgIpc) is 2.84. The van der Waals surface area contributed by atoms with Gasteiger partial charge in [0, 0.05) is 38.1 Å². The zero-order valence-corrected chi connectivity index (χ0v) is 15.9. The number of rotatable bonds is 1. The summed E-state index contributed by atoms with van der Waals surface area (Å²) in [5, 5.41) is 0. The van der Waals surface area contributed by atoms with Crippen LogP contribution >= 0.6 is 0 Å². The van der Waals surface area contributed by atoms with Crippen molar-refractivity contribution in [2.45, 2.75) is 39.7 Å². The minimum absolute atomic E-state index is 0.0980. The molecule has 0 bridgehead atoms. The predicted octanol–water partition coefficient (Wildman–Crippen LogP) is 2.73. The van der Waals surface area contributed by atoms with E-state index in [1.54, 1.807) is 16.0 Å². The Balaban J connectivity index is 1.69. The van der Waals surface area contributed by atoms with E-state index in [4.69, 9.17) is 4.74 Å². The summed E-state index contributed by atoms with van der Waals surface area (Å²) in [4.78, 5) is 33.0. The Labute approximate surface area is 153 Å². The normalized spacial score (nSPS) is 15.8. The molecule has 0 unspecified atom stereocenters.